The Morgan fingerprint density at radius 1 is 1.50 bits per heavy atom. The standard InChI is InChI=1S/C18H22N4O3S/c1-12-10-20-18(26-12)21-16(24)14-4-2-3-13(9-14)11-22-7-6-19-17(25)15(22)5-8-23/h2-4,9-10,15,23H,5-8,11H2,1H3,(H,19,25)(H,20,21,24)/t15-/m0/s1. The van der Waals surface area contributed by atoms with Gasteiger partial charge >= 0.3 is 0 Å². The highest BCUT2D eigenvalue weighted by molar-refractivity contribution is 7.15. The average Bonchev–Trinajstić information content (AvgIpc) is 3.03. The number of nitrogens with zero attached hydrogens (tertiary/aromatic N) is 2. The molecule has 2 amide bonds. The Balaban J connectivity index is 1.70. The molecule has 0 unspecified atom stereocenters. The molecular weight excluding hydrogens is 352 g/mol. The van der Waals surface area contributed by atoms with Crippen molar-refractivity contribution in [1.82, 2.24) is 15.2 Å². The van der Waals surface area contributed by atoms with Crippen LogP contribution >= 0.6 is 11.3 Å². The number of nitrogens with one attached hydrogen (secondary N) is 2. The normalized spacial score (nSPS) is 17.8. The largest absolute Gasteiger partial charge is 0.396 e. The van der Waals surface area contributed by atoms with Crippen LogP contribution in [-0.4, -0.2) is 52.5 Å². The van der Waals surface area contributed by atoms with E-state index in [-0.39, 0.29) is 24.5 Å². The molecule has 3 rings (SSSR count). The Bertz CT molecular complexity index is 792. The van der Waals surface area contributed by atoms with Gasteiger partial charge in [0.25, 0.3) is 5.91 Å². The van der Waals surface area contributed by atoms with Gasteiger partial charge in [0, 0.05) is 42.9 Å². The number of hydrogen-bond acceptors (Lipinski definition) is 6. The van der Waals surface area contributed by atoms with Crippen LogP contribution in [0.15, 0.2) is 30.5 Å². The summed E-state index contributed by atoms with van der Waals surface area (Å²) in [5.74, 6) is -0.261. The fourth-order valence-electron chi connectivity index (χ4n) is 3.01. The van der Waals surface area contributed by atoms with E-state index in [1.807, 2.05) is 30.0 Å². The van der Waals surface area contributed by atoms with E-state index < -0.39 is 0 Å². The van der Waals surface area contributed by atoms with Gasteiger partial charge in [-0.1, -0.05) is 12.1 Å². The predicted molar refractivity (Wildman–Crippen MR) is 100 cm³/mol. The van der Waals surface area contributed by atoms with E-state index in [9.17, 15) is 14.7 Å². The molecule has 1 saturated heterocycles. The summed E-state index contributed by atoms with van der Waals surface area (Å²) >= 11 is 1.43. The summed E-state index contributed by atoms with van der Waals surface area (Å²) in [6.07, 6.45) is 2.12. The summed E-state index contributed by atoms with van der Waals surface area (Å²) in [4.78, 5) is 31.7. The van der Waals surface area contributed by atoms with E-state index in [0.717, 1.165) is 10.4 Å². The lowest BCUT2D eigenvalue weighted by molar-refractivity contribution is -0.129. The third-order valence-corrected chi connectivity index (χ3v) is 5.09. The minimum Gasteiger partial charge on any atom is -0.396 e. The van der Waals surface area contributed by atoms with Gasteiger partial charge in [0.05, 0.1) is 6.04 Å². The van der Waals surface area contributed by atoms with Crippen molar-refractivity contribution >= 4 is 28.3 Å². The minimum absolute atomic E-state index is 0.0374. The minimum atomic E-state index is -0.343. The van der Waals surface area contributed by atoms with Crippen LogP contribution in [0.3, 0.4) is 0 Å². The van der Waals surface area contributed by atoms with Crippen LogP contribution in [0.5, 0.6) is 0 Å². The van der Waals surface area contributed by atoms with Crippen molar-refractivity contribution in [3.63, 3.8) is 0 Å². The highest BCUT2D eigenvalue weighted by atomic mass is 32.1. The molecule has 0 bridgehead atoms. The second kappa shape index (κ2) is 8.39. The number of carbonyl (C=O) groups is 2. The van der Waals surface area contributed by atoms with E-state index in [1.165, 1.54) is 11.3 Å². The van der Waals surface area contributed by atoms with Gasteiger partial charge in [-0.25, -0.2) is 4.98 Å². The predicted octanol–water partition coefficient (Wildman–Crippen LogP) is 1.39. The second-order valence-electron chi connectivity index (χ2n) is 6.22. The van der Waals surface area contributed by atoms with Gasteiger partial charge in [0.2, 0.25) is 5.91 Å². The Morgan fingerprint density at radius 3 is 3.08 bits per heavy atom. The summed E-state index contributed by atoms with van der Waals surface area (Å²) in [5, 5.41) is 15.4. The summed E-state index contributed by atoms with van der Waals surface area (Å²) in [6, 6.07) is 7.02. The molecule has 3 N–H and O–H groups in total. The zero-order valence-corrected chi connectivity index (χ0v) is 15.4. The third kappa shape index (κ3) is 4.46. The van der Waals surface area contributed by atoms with Gasteiger partial charge in [-0.15, -0.1) is 11.3 Å². The van der Waals surface area contributed by atoms with Crippen molar-refractivity contribution in [2.75, 3.05) is 25.0 Å². The number of hydrogen-bond donors (Lipinski definition) is 3. The van der Waals surface area contributed by atoms with Crippen molar-refractivity contribution in [3.05, 3.63) is 46.5 Å². The molecule has 0 spiro atoms. The quantitative estimate of drug-likeness (QED) is 0.710. The van der Waals surface area contributed by atoms with E-state index in [4.69, 9.17) is 0 Å². The molecule has 7 nitrogen and oxygen atoms in total. The highest BCUT2D eigenvalue weighted by Crippen LogP contribution is 2.19. The molecule has 8 heteroatoms. The monoisotopic (exact) mass is 374 g/mol. The van der Waals surface area contributed by atoms with Crippen LogP contribution in [-0.2, 0) is 11.3 Å². The Morgan fingerprint density at radius 2 is 2.35 bits per heavy atom. The van der Waals surface area contributed by atoms with Gasteiger partial charge in [0.15, 0.2) is 5.13 Å². The fraction of sp³-hybridized carbons (Fsp3) is 0.389. The maximum Gasteiger partial charge on any atom is 0.257 e. The maximum absolute atomic E-state index is 12.4. The number of anilines is 1. The number of piperazine rings is 1. The van der Waals surface area contributed by atoms with Gasteiger partial charge in [-0.3, -0.25) is 19.8 Å². The number of rotatable bonds is 6. The smallest absolute Gasteiger partial charge is 0.257 e. The number of aromatic nitrogens is 1. The molecule has 26 heavy (non-hydrogen) atoms. The highest BCUT2D eigenvalue weighted by Gasteiger charge is 2.29. The lowest BCUT2D eigenvalue weighted by Crippen LogP contribution is -2.55. The summed E-state index contributed by atoms with van der Waals surface area (Å²) < 4.78 is 0. The number of carbonyl (C=O) groups excluding carboxylic acids is 2. The molecule has 0 aliphatic carbocycles. The third-order valence-electron chi connectivity index (χ3n) is 4.26. The van der Waals surface area contributed by atoms with Gasteiger partial charge < -0.3 is 10.4 Å². The maximum atomic E-state index is 12.4. The number of benzene rings is 1. The van der Waals surface area contributed by atoms with Crippen molar-refractivity contribution in [2.45, 2.75) is 25.9 Å². The van der Waals surface area contributed by atoms with Gasteiger partial charge in [-0.2, -0.15) is 0 Å². The number of amides is 2. The first kappa shape index (κ1) is 18.5. The molecule has 1 aliphatic rings. The van der Waals surface area contributed by atoms with E-state index in [0.29, 0.717) is 36.8 Å². The summed E-state index contributed by atoms with van der Waals surface area (Å²) in [7, 11) is 0. The van der Waals surface area contributed by atoms with Gasteiger partial charge in [-0.05, 0) is 31.0 Å². The summed E-state index contributed by atoms with van der Waals surface area (Å²) in [5.41, 5.74) is 1.50. The molecule has 0 radical (unpaired) electrons. The van der Waals surface area contributed by atoms with Crippen molar-refractivity contribution < 1.29 is 14.7 Å². The number of aliphatic hydroxyl groups is 1. The number of aliphatic hydroxyl groups excluding tert-OH is 1. The van der Waals surface area contributed by atoms with Crippen LogP contribution in [0.2, 0.25) is 0 Å². The molecule has 1 atom stereocenters. The summed E-state index contributed by atoms with van der Waals surface area (Å²) in [6.45, 7) is 3.75. The van der Waals surface area contributed by atoms with Crippen LogP contribution < -0.4 is 10.6 Å². The SMILES string of the molecule is Cc1cnc(NC(=O)c2cccc(CN3CCNC(=O)[C@@H]3CCO)c2)s1. The zero-order valence-electron chi connectivity index (χ0n) is 14.6. The first-order chi connectivity index (χ1) is 12.6. The molecule has 1 aromatic heterocycles. The Hall–Kier alpha value is -2.29. The Kier molecular flexibility index (Phi) is 5.97. The number of thiazole rings is 1. The molecule has 2 heterocycles. The topological polar surface area (TPSA) is 94.6 Å². The lowest BCUT2D eigenvalue weighted by Gasteiger charge is -2.34. The van der Waals surface area contributed by atoms with Crippen molar-refractivity contribution in [3.8, 4) is 0 Å². The number of aryl methyl sites for hydroxylation is 1. The van der Waals surface area contributed by atoms with Gasteiger partial charge in [0.1, 0.15) is 0 Å². The molecule has 1 fully saturated rings. The van der Waals surface area contributed by atoms with Crippen molar-refractivity contribution in [1.29, 1.82) is 0 Å². The molecule has 1 aromatic carbocycles. The average molecular weight is 374 g/mol. The van der Waals surface area contributed by atoms with Crippen molar-refractivity contribution in [2.24, 2.45) is 0 Å². The molecule has 2 aromatic rings. The lowest BCUT2D eigenvalue weighted by atomic mass is 10.1. The van der Waals surface area contributed by atoms with Crippen LogP contribution in [0.4, 0.5) is 5.13 Å². The molecule has 138 valence electrons. The van der Waals surface area contributed by atoms with Crippen LogP contribution in [0.1, 0.15) is 27.2 Å². The van der Waals surface area contributed by atoms with E-state index >= 15 is 0 Å². The molecular formula is C18H22N4O3S. The molecule has 1 aliphatic heterocycles. The fourth-order valence-corrected chi connectivity index (χ4v) is 3.67. The first-order valence-corrected chi connectivity index (χ1v) is 9.34. The second-order valence-corrected chi connectivity index (χ2v) is 7.45. The molecule has 0 saturated carbocycles. The van der Waals surface area contributed by atoms with Crippen LogP contribution in [0, 0.1) is 6.92 Å². The van der Waals surface area contributed by atoms with E-state index in [2.05, 4.69) is 15.6 Å². The van der Waals surface area contributed by atoms with Crippen LogP contribution in [0.25, 0.3) is 0 Å². The Labute approximate surface area is 156 Å². The first-order valence-electron chi connectivity index (χ1n) is 8.52. The zero-order chi connectivity index (χ0) is 18.5. The van der Waals surface area contributed by atoms with E-state index in [1.54, 1.807) is 12.3 Å².